The summed E-state index contributed by atoms with van der Waals surface area (Å²) in [7, 11) is 0. The van der Waals surface area contributed by atoms with E-state index in [-0.39, 0.29) is 12.5 Å². The zero-order chi connectivity index (χ0) is 14.5. The van der Waals surface area contributed by atoms with Gasteiger partial charge in [0, 0.05) is 11.1 Å². The maximum atomic E-state index is 12.0. The van der Waals surface area contributed by atoms with Crippen molar-refractivity contribution in [3.63, 3.8) is 0 Å². The van der Waals surface area contributed by atoms with Crippen LogP contribution in [0.15, 0.2) is 29.6 Å². The highest BCUT2D eigenvalue weighted by Gasteiger charge is 2.09. The molecule has 0 bridgehead atoms. The molecule has 0 fully saturated rings. The summed E-state index contributed by atoms with van der Waals surface area (Å²) in [4.78, 5) is 12.7. The van der Waals surface area contributed by atoms with E-state index in [0.29, 0.717) is 21.3 Å². The summed E-state index contributed by atoms with van der Waals surface area (Å²) in [5.41, 5.74) is 1.07. The normalized spacial score (nSPS) is 9.75. The second-order valence-corrected chi connectivity index (χ2v) is 5.47. The number of carbonyl (C=O) groups excluding carboxylic acids is 1. The summed E-state index contributed by atoms with van der Waals surface area (Å²) >= 11 is 13.0. The molecule has 102 valence electrons. The van der Waals surface area contributed by atoms with Gasteiger partial charge in [0.2, 0.25) is 0 Å². The molecule has 1 aromatic carbocycles. The second-order valence-electron chi connectivity index (χ2n) is 3.74. The van der Waals surface area contributed by atoms with Gasteiger partial charge in [-0.15, -0.1) is 11.3 Å². The number of thiophene rings is 1. The number of halogens is 2. The van der Waals surface area contributed by atoms with Gasteiger partial charge in [0.15, 0.2) is 0 Å². The third-order valence-electron chi connectivity index (χ3n) is 2.33. The number of anilines is 1. The fourth-order valence-electron chi connectivity index (χ4n) is 1.42. The van der Waals surface area contributed by atoms with Crippen LogP contribution in [0.2, 0.25) is 10.0 Å². The number of hydrogen-bond acceptors (Lipinski definition) is 3. The van der Waals surface area contributed by atoms with E-state index in [1.807, 2.05) is 0 Å². The Balaban J connectivity index is 2.11. The standard InChI is InChI=1S/C14H9Cl2NO2S/c15-12-4-3-10(7-13(12)16)17-14(19)9-6-11(20-8-9)2-1-5-18/h3-4,6-8,18H,5H2,(H,17,19). The van der Waals surface area contributed by atoms with Gasteiger partial charge in [-0.05, 0) is 24.3 Å². The third kappa shape index (κ3) is 3.75. The SMILES string of the molecule is O=C(Nc1ccc(Cl)c(Cl)c1)c1csc(C#CCO)c1. The molecule has 6 heteroatoms. The topological polar surface area (TPSA) is 49.3 Å². The number of rotatable bonds is 2. The fraction of sp³-hybridized carbons (Fsp3) is 0.0714. The minimum Gasteiger partial charge on any atom is -0.384 e. The van der Waals surface area contributed by atoms with Gasteiger partial charge in [-0.1, -0.05) is 35.0 Å². The molecule has 1 amide bonds. The van der Waals surface area contributed by atoms with Crippen molar-refractivity contribution in [2.45, 2.75) is 0 Å². The zero-order valence-corrected chi connectivity index (χ0v) is 12.4. The lowest BCUT2D eigenvalue weighted by Crippen LogP contribution is -2.10. The molecule has 0 saturated heterocycles. The summed E-state index contributed by atoms with van der Waals surface area (Å²) < 4.78 is 0. The van der Waals surface area contributed by atoms with Crippen molar-refractivity contribution >= 4 is 46.1 Å². The average molecular weight is 326 g/mol. The fourth-order valence-corrected chi connectivity index (χ4v) is 2.48. The van der Waals surface area contributed by atoms with E-state index in [1.54, 1.807) is 29.6 Å². The van der Waals surface area contributed by atoms with Crippen LogP contribution in [0.1, 0.15) is 15.2 Å². The summed E-state index contributed by atoms with van der Waals surface area (Å²) in [6, 6.07) is 6.54. The zero-order valence-electron chi connectivity index (χ0n) is 10.1. The molecular weight excluding hydrogens is 317 g/mol. The lowest BCUT2D eigenvalue weighted by atomic mass is 10.2. The van der Waals surface area contributed by atoms with Crippen LogP contribution >= 0.6 is 34.5 Å². The molecule has 0 aliphatic heterocycles. The molecule has 2 aromatic rings. The highest BCUT2D eigenvalue weighted by atomic mass is 35.5. The summed E-state index contributed by atoms with van der Waals surface area (Å²) in [6.45, 7) is -0.206. The van der Waals surface area contributed by atoms with Gasteiger partial charge in [-0.3, -0.25) is 4.79 Å². The molecule has 2 N–H and O–H groups in total. The number of aliphatic hydroxyl groups is 1. The average Bonchev–Trinajstić information content (AvgIpc) is 2.89. The van der Waals surface area contributed by atoms with E-state index in [2.05, 4.69) is 17.2 Å². The Morgan fingerprint density at radius 2 is 2.10 bits per heavy atom. The predicted octanol–water partition coefficient (Wildman–Crippen LogP) is 3.65. The Kier molecular flexibility index (Phi) is 5.05. The summed E-state index contributed by atoms with van der Waals surface area (Å²) in [6.07, 6.45) is 0. The minimum atomic E-state index is -0.253. The van der Waals surface area contributed by atoms with Crippen LogP contribution in [0.5, 0.6) is 0 Å². The van der Waals surface area contributed by atoms with Crippen molar-refractivity contribution in [1.29, 1.82) is 0 Å². The molecule has 1 heterocycles. The molecule has 0 aliphatic carbocycles. The van der Waals surface area contributed by atoms with Crippen LogP contribution in [0.4, 0.5) is 5.69 Å². The van der Waals surface area contributed by atoms with Crippen LogP contribution in [0.25, 0.3) is 0 Å². The van der Waals surface area contributed by atoms with Crippen LogP contribution in [-0.4, -0.2) is 17.6 Å². The smallest absolute Gasteiger partial charge is 0.256 e. The van der Waals surface area contributed by atoms with Crippen molar-refractivity contribution in [2.24, 2.45) is 0 Å². The third-order valence-corrected chi connectivity index (χ3v) is 3.91. The largest absolute Gasteiger partial charge is 0.384 e. The molecule has 3 nitrogen and oxygen atoms in total. The first kappa shape index (κ1) is 14.9. The van der Waals surface area contributed by atoms with Crippen molar-refractivity contribution < 1.29 is 9.90 Å². The number of benzene rings is 1. The Morgan fingerprint density at radius 3 is 2.80 bits per heavy atom. The molecule has 0 unspecified atom stereocenters. The summed E-state index contributed by atoms with van der Waals surface area (Å²) in [5, 5.41) is 13.9. The molecule has 0 saturated carbocycles. The first-order valence-electron chi connectivity index (χ1n) is 5.55. The van der Waals surface area contributed by atoms with Gasteiger partial charge in [0.1, 0.15) is 6.61 Å². The number of aliphatic hydroxyl groups excluding tert-OH is 1. The molecule has 20 heavy (non-hydrogen) atoms. The number of carbonyl (C=O) groups is 1. The quantitative estimate of drug-likeness (QED) is 0.828. The predicted molar refractivity (Wildman–Crippen MR) is 82.7 cm³/mol. The summed E-state index contributed by atoms with van der Waals surface area (Å²) in [5.74, 6) is 5.03. The highest BCUT2D eigenvalue weighted by molar-refractivity contribution is 7.10. The number of hydrogen-bond donors (Lipinski definition) is 2. The van der Waals surface area contributed by atoms with Crippen molar-refractivity contribution in [3.8, 4) is 11.8 Å². The van der Waals surface area contributed by atoms with E-state index in [4.69, 9.17) is 28.3 Å². The number of nitrogens with one attached hydrogen (secondary N) is 1. The maximum Gasteiger partial charge on any atom is 0.256 e. The molecule has 0 spiro atoms. The van der Waals surface area contributed by atoms with Gasteiger partial charge in [-0.25, -0.2) is 0 Å². The van der Waals surface area contributed by atoms with Crippen LogP contribution < -0.4 is 5.32 Å². The lowest BCUT2D eigenvalue weighted by Gasteiger charge is -2.04. The van der Waals surface area contributed by atoms with E-state index >= 15 is 0 Å². The Labute approximate surface area is 130 Å². The van der Waals surface area contributed by atoms with Gasteiger partial charge in [0.25, 0.3) is 5.91 Å². The van der Waals surface area contributed by atoms with E-state index in [9.17, 15) is 4.79 Å². The van der Waals surface area contributed by atoms with Crippen LogP contribution in [-0.2, 0) is 0 Å². The van der Waals surface area contributed by atoms with Crippen LogP contribution in [0.3, 0.4) is 0 Å². The van der Waals surface area contributed by atoms with Crippen molar-refractivity contribution in [1.82, 2.24) is 0 Å². The maximum absolute atomic E-state index is 12.0. The van der Waals surface area contributed by atoms with Crippen molar-refractivity contribution in [3.05, 3.63) is 50.1 Å². The van der Waals surface area contributed by atoms with E-state index in [1.165, 1.54) is 11.3 Å². The molecule has 0 atom stereocenters. The first-order valence-corrected chi connectivity index (χ1v) is 7.18. The van der Waals surface area contributed by atoms with Gasteiger partial charge >= 0.3 is 0 Å². The monoisotopic (exact) mass is 325 g/mol. The second kappa shape index (κ2) is 6.78. The van der Waals surface area contributed by atoms with Crippen molar-refractivity contribution in [2.75, 3.05) is 11.9 Å². The van der Waals surface area contributed by atoms with E-state index < -0.39 is 0 Å². The lowest BCUT2D eigenvalue weighted by molar-refractivity contribution is 0.102. The van der Waals surface area contributed by atoms with Gasteiger partial charge < -0.3 is 10.4 Å². The Morgan fingerprint density at radius 1 is 1.30 bits per heavy atom. The molecule has 0 radical (unpaired) electrons. The molecule has 0 aliphatic rings. The highest BCUT2D eigenvalue weighted by Crippen LogP contribution is 2.25. The number of amides is 1. The Hall–Kier alpha value is -1.51. The van der Waals surface area contributed by atoms with Crippen LogP contribution in [0, 0.1) is 11.8 Å². The van der Waals surface area contributed by atoms with E-state index in [0.717, 1.165) is 4.88 Å². The van der Waals surface area contributed by atoms with Gasteiger partial charge in [-0.2, -0.15) is 0 Å². The first-order chi connectivity index (χ1) is 9.60. The molecular formula is C14H9Cl2NO2S. The minimum absolute atomic E-state index is 0.206. The molecule has 2 rings (SSSR count). The van der Waals surface area contributed by atoms with Gasteiger partial charge in [0.05, 0.1) is 20.5 Å². The molecule has 1 aromatic heterocycles. The Bertz CT molecular complexity index is 701.